The van der Waals surface area contributed by atoms with Crippen molar-refractivity contribution in [1.82, 2.24) is 13.9 Å². The summed E-state index contributed by atoms with van der Waals surface area (Å²) in [6.07, 6.45) is 0. The van der Waals surface area contributed by atoms with Crippen LogP contribution in [0.5, 0.6) is 0 Å². The second kappa shape index (κ2) is 6.21. The highest BCUT2D eigenvalue weighted by Gasteiger charge is 2.33. The van der Waals surface area contributed by atoms with Crippen molar-refractivity contribution in [3.05, 3.63) is 21.9 Å². The summed E-state index contributed by atoms with van der Waals surface area (Å²) >= 11 is 1.59. The van der Waals surface area contributed by atoms with Crippen molar-refractivity contribution < 1.29 is 13.2 Å². The van der Waals surface area contributed by atoms with Crippen molar-refractivity contribution in [3.63, 3.8) is 0 Å². The molecule has 112 valence electrons. The summed E-state index contributed by atoms with van der Waals surface area (Å²) in [6, 6.07) is 3.96. The molecule has 1 amide bonds. The molecule has 0 bridgehead atoms. The quantitative estimate of drug-likeness (QED) is 0.841. The van der Waals surface area contributed by atoms with E-state index < -0.39 is 16.1 Å². The molecule has 0 spiro atoms. The van der Waals surface area contributed by atoms with Crippen LogP contribution in [0, 0.1) is 0 Å². The summed E-state index contributed by atoms with van der Waals surface area (Å²) in [5.41, 5.74) is 0. The van der Waals surface area contributed by atoms with Crippen LogP contribution in [0.15, 0.2) is 12.1 Å². The van der Waals surface area contributed by atoms with Gasteiger partial charge in [-0.3, -0.25) is 9.69 Å². The number of rotatable bonds is 6. The minimum absolute atomic E-state index is 0.0917. The Morgan fingerprint density at radius 1 is 1.30 bits per heavy atom. The molecule has 8 heteroatoms. The molecule has 0 aromatic carbocycles. The summed E-state index contributed by atoms with van der Waals surface area (Å²) in [4.78, 5) is 15.6. The van der Waals surface area contributed by atoms with Gasteiger partial charge in [-0.05, 0) is 25.2 Å². The molecule has 0 aliphatic carbocycles. The first kappa shape index (κ1) is 15.4. The predicted octanol–water partition coefficient (Wildman–Crippen LogP) is 0.767. The highest BCUT2D eigenvalue weighted by Crippen LogP contribution is 2.21. The highest BCUT2D eigenvalue weighted by molar-refractivity contribution is 7.88. The number of carbonyl (C=O) groups excluding carboxylic acids is 1. The van der Waals surface area contributed by atoms with Gasteiger partial charge in [-0.15, -0.1) is 11.3 Å². The third kappa shape index (κ3) is 3.57. The van der Waals surface area contributed by atoms with Crippen molar-refractivity contribution in [2.75, 3.05) is 19.6 Å². The molecule has 1 fully saturated rings. The molecule has 1 aromatic heterocycles. The molecule has 2 heterocycles. The smallest absolute Gasteiger partial charge is 0.299 e. The Hall–Kier alpha value is -0.960. The van der Waals surface area contributed by atoms with E-state index >= 15 is 0 Å². The molecule has 1 N–H and O–H groups in total. The average Bonchev–Trinajstić information content (AvgIpc) is 2.91. The Morgan fingerprint density at radius 2 is 1.95 bits per heavy atom. The maximum atomic E-state index is 11.6. The van der Waals surface area contributed by atoms with E-state index in [1.807, 2.05) is 16.9 Å². The third-order valence-electron chi connectivity index (χ3n) is 3.23. The highest BCUT2D eigenvalue weighted by atomic mass is 32.2. The molecular weight excluding hydrogens is 298 g/mol. The lowest BCUT2D eigenvalue weighted by atomic mass is 10.4. The van der Waals surface area contributed by atoms with Gasteiger partial charge in [0.2, 0.25) is 5.91 Å². The number of nitrogens with zero attached hydrogens (tertiary/aromatic N) is 2. The van der Waals surface area contributed by atoms with Gasteiger partial charge in [0.1, 0.15) is 0 Å². The summed E-state index contributed by atoms with van der Waals surface area (Å²) in [5.74, 6) is -0.468. The topological polar surface area (TPSA) is 69.7 Å². The lowest BCUT2D eigenvalue weighted by molar-refractivity contribution is -0.118. The number of hydrogen-bond donors (Lipinski definition) is 1. The average molecular weight is 317 g/mol. The lowest BCUT2D eigenvalue weighted by Crippen LogP contribution is -2.29. The molecule has 0 saturated carbocycles. The summed E-state index contributed by atoms with van der Waals surface area (Å²) in [6.45, 7) is 7.25. The number of thiophene rings is 1. The summed E-state index contributed by atoms with van der Waals surface area (Å²) in [5, 5.41) is 0. The van der Waals surface area contributed by atoms with E-state index in [0.717, 1.165) is 24.5 Å². The predicted molar refractivity (Wildman–Crippen MR) is 78.4 cm³/mol. The molecule has 2 rings (SSSR count). The Morgan fingerprint density at radius 3 is 2.50 bits per heavy atom. The third-order valence-corrected chi connectivity index (χ3v) is 5.70. The van der Waals surface area contributed by atoms with Crippen LogP contribution in [-0.4, -0.2) is 43.2 Å². The van der Waals surface area contributed by atoms with Gasteiger partial charge in [0.15, 0.2) is 0 Å². The van der Waals surface area contributed by atoms with Gasteiger partial charge in [0.25, 0.3) is 0 Å². The van der Waals surface area contributed by atoms with Gasteiger partial charge in [-0.1, -0.05) is 13.8 Å². The second-order valence-corrected chi connectivity index (χ2v) is 7.55. The van der Waals surface area contributed by atoms with Gasteiger partial charge < -0.3 is 0 Å². The normalized spacial score (nSPS) is 18.6. The Bertz CT molecular complexity index is 579. The first-order valence-corrected chi connectivity index (χ1v) is 8.81. The Balaban J connectivity index is 2.01. The Labute approximate surface area is 123 Å². The number of carbonyl (C=O) groups is 1. The molecule has 6 nitrogen and oxygen atoms in total. The van der Waals surface area contributed by atoms with Crippen molar-refractivity contribution in [3.8, 4) is 0 Å². The SMILES string of the molecule is CCN(CC)Cc1ccc(CN2CC(=O)NS2(=O)=O)s1. The van der Waals surface area contributed by atoms with Crippen molar-refractivity contribution in [1.29, 1.82) is 0 Å². The zero-order chi connectivity index (χ0) is 14.8. The van der Waals surface area contributed by atoms with Gasteiger partial charge in [0, 0.05) is 16.3 Å². The minimum atomic E-state index is -3.63. The maximum Gasteiger partial charge on any atom is 0.304 e. The van der Waals surface area contributed by atoms with E-state index in [-0.39, 0.29) is 13.1 Å². The largest absolute Gasteiger partial charge is 0.304 e. The molecule has 1 saturated heterocycles. The molecule has 0 radical (unpaired) electrons. The Kier molecular flexibility index (Phi) is 4.79. The molecule has 1 aromatic rings. The van der Waals surface area contributed by atoms with E-state index in [9.17, 15) is 13.2 Å². The molecule has 1 aliphatic rings. The fourth-order valence-electron chi connectivity index (χ4n) is 2.06. The van der Waals surface area contributed by atoms with Crippen LogP contribution < -0.4 is 4.72 Å². The van der Waals surface area contributed by atoms with Gasteiger partial charge in [-0.25, -0.2) is 4.72 Å². The zero-order valence-electron chi connectivity index (χ0n) is 11.6. The summed E-state index contributed by atoms with van der Waals surface area (Å²) in [7, 11) is -3.63. The van der Waals surface area contributed by atoms with Gasteiger partial charge in [-0.2, -0.15) is 12.7 Å². The van der Waals surface area contributed by atoms with Gasteiger partial charge in [0.05, 0.1) is 13.1 Å². The van der Waals surface area contributed by atoms with E-state index in [1.54, 1.807) is 11.3 Å². The van der Waals surface area contributed by atoms with E-state index in [1.165, 1.54) is 9.18 Å². The number of hydrogen-bond acceptors (Lipinski definition) is 5. The zero-order valence-corrected chi connectivity index (χ0v) is 13.3. The molecule has 0 atom stereocenters. The van der Waals surface area contributed by atoms with Gasteiger partial charge >= 0.3 is 10.2 Å². The van der Waals surface area contributed by atoms with E-state index in [2.05, 4.69) is 18.7 Å². The monoisotopic (exact) mass is 317 g/mol. The van der Waals surface area contributed by atoms with Crippen LogP contribution in [0.1, 0.15) is 23.6 Å². The summed E-state index contributed by atoms with van der Waals surface area (Å²) < 4.78 is 26.4. The second-order valence-electron chi connectivity index (χ2n) is 4.63. The van der Waals surface area contributed by atoms with Crippen molar-refractivity contribution in [2.24, 2.45) is 0 Å². The van der Waals surface area contributed by atoms with Crippen molar-refractivity contribution in [2.45, 2.75) is 26.9 Å². The first-order valence-electron chi connectivity index (χ1n) is 6.55. The van der Waals surface area contributed by atoms with Crippen LogP contribution in [0.2, 0.25) is 0 Å². The first-order chi connectivity index (χ1) is 9.44. The lowest BCUT2D eigenvalue weighted by Gasteiger charge is -2.16. The number of amides is 1. The van der Waals surface area contributed by atoms with Crippen LogP contribution in [0.25, 0.3) is 0 Å². The molecule has 1 aliphatic heterocycles. The van der Waals surface area contributed by atoms with E-state index in [4.69, 9.17) is 0 Å². The van der Waals surface area contributed by atoms with Crippen LogP contribution in [0.4, 0.5) is 0 Å². The van der Waals surface area contributed by atoms with Crippen molar-refractivity contribution >= 4 is 27.5 Å². The standard InChI is InChI=1S/C12H19N3O3S2/c1-3-14(4-2)7-10-5-6-11(19-10)8-15-9-12(16)13-20(15,17)18/h5-6H,3-4,7-9H2,1-2H3,(H,13,16). The minimum Gasteiger partial charge on any atom is -0.299 e. The maximum absolute atomic E-state index is 11.6. The molecular formula is C12H19N3O3S2. The fourth-order valence-corrected chi connectivity index (χ4v) is 4.30. The van der Waals surface area contributed by atoms with Crippen LogP contribution in [0.3, 0.4) is 0 Å². The molecule has 20 heavy (non-hydrogen) atoms. The fraction of sp³-hybridized carbons (Fsp3) is 0.583. The van der Waals surface area contributed by atoms with E-state index in [0.29, 0.717) is 0 Å². The van der Waals surface area contributed by atoms with Crippen LogP contribution in [-0.2, 0) is 28.1 Å². The number of nitrogens with one attached hydrogen (secondary N) is 1. The molecule has 0 unspecified atom stereocenters. The van der Waals surface area contributed by atoms with Crippen LogP contribution >= 0.6 is 11.3 Å².